The first kappa shape index (κ1) is 12.2. The van der Waals surface area contributed by atoms with Gasteiger partial charge in [0.1, 0.15) is 0 Å². The standard InChI is InChI=1S/C14H21ClSi/c1-12-8-6-7-11-14(12)16(2,15)13-9-4-3-5-10-13/h3-5,9-10,12,14H,6-8,11H2,1-2H3. The highest BCUT2D eigenvalue weighted by Gasteiger charge is 2.40. The highest BCUT2D eigenvalue weighted by atomic mass is 35.6. The van der Waals surface area contributed by atoms with Crippen molar-refractivity contribution in [2.75, 3.05) is 0 Å². The fraction of sp³-hybridized carbons (Fsp3) is 0.571. The molecule has 0 nitrogen and oxygen atoms in total. The summed E-state index contributed by atoms with van der Waals surface area (Å²) in [5, 5.41) is 1.41. The van der Waals surface area contributed by atoms with E-state index in [1.165, 1.54) is 30.9 Å². The van der Waals surface area contributed by atoms with Crippen LogP contribution in [-0.2, 0) is 0 Å². The number of hydrogen-bond acceptors (Lipinski definition) is 0. The molecule has 0 saturated heterocycles. The summed E-state index contributed by atoms with van der Waals surface area (Å²) >= 11 is 6.97. The quantitative estimate of drug-likeness (QED) is 0.544. The zero-order valence-corrected chi connectivity index (χ0v) is 12.0. The minimum atomic E-state index is -1.77. The highest BCUT2D eigenvalue weighted by Crippen LogP contribution is 2.42. The molecule has 3 unspecified atom stereocenters. The van der Waals surface area contributed by atoms with Crippen molar-refractivity contribution < 1.29 is 0 Å². The van der Waals surface area contributed by atoms with Gasteiger partial charge in [0.2, 0.25) is 0 Å². The molecule has 3 atom stereocenters. The smallest absolute Gasteiger partial charge is 0.161 e. The van der Waals surface area contributed by atoms with E-state index >= 15 is 0 Å². The Morgan fingerprint density at radius 1 is 1.12 bits per heavy atom. The van der Waals surface area contributed by atoms with Crippen LogP contribution in [0.15, 0.2) is 30.3 Å². The third kappa shape index (κ3) is 2.35. The van der Waals surface area contributed by atoms with E-state index in [1.807, 2.05) is 0 Å². The molecule has 0 aliphatic heterocycles. The first-order valence-corrected chi connectivity index (χ1v) is 9.95. The fourth-order valence-electron chi connectivity index (χ4n) is 3.10. The zero-order chi connectivity index (χ0) is 11.6. The monoisotopic (exact) mass is 252 g/mol. The van der Waals surface area contributed by atoms with Gasteiger partial charge in [-0.1, -0.05) is 69.5 Å². The minimum absolute atomic E-state index is 0.755. The Labute approximate surface area is 105 Å². The average Bonchev–Trinajstić information content (AvgIpc) is 2.30. The van der Waals surface area contributed by atoms with Crippen molar-refractivity contribution in [1.82, 2.24) is 0 Å². The van der Waals surface area contributed by atoms with E-state index in [2.05, 4.69) is 43.8 Å². The number of hydrogen-bond donors (Lipinski definition) is 0. The van der Waals surface area contributed by atoms with Crippen molar-refractivity contribution in [2.45, 2.75) is 44.7 Å². The summed E-state index contributed by atoms with van der Waals surface area (Å²) in [5.74, 6) is 0.808. The summed E-state index contributed by atoms with van der Waals surface area (Å²) in [4.78, 5) is 0. The van der Waals surface area contributed by atoms with E-state index in [4.69, 9.17) is 11.1 Å². The molecule has 0 radical (unpaired) electrons. The lowest BCUT2D eigenvalue weighted by atomic mass is 9.90. The van der Waals surface area contributed by atoms with Gasteiger partial charge >= 0.3 is 0 Å². The number of rotatable bonds is 2. The maximum atomic E-state index is 6.97. The van der Waals surface area contributed by atoms with Gasteiger partial charge in [-0.15, -0.1) is 0 Å². The minimum Gasteiger partial charge on any atom is -0.161 e. The molecule has 16 heavy (non-hydrogen) atoms. The molecule has 0 spiro atoms. The van der Waals surface area contributed by atoms with Gasteiger partial charge in [-0.3, -0.25) is 0 Å². The van der Waals surface area contributed by atoms with Gasteiger partial charge in [0.05, 0.1) is 0 Å². The lowest BCUT2D eigenvalue weighted by Gasteiger charge is -2.38. The van der Waals surface area contributed by atoms with Gasteiger partial charge in [0, 0.05) is 0 Å². The molecular formula is C14H21ClSi. The van der Waals surface area contributed by atoms with Gasteiger partial charge in [-0.2, -0.15) is 11.1 Å². The Balaban J connectivity index is 2.23. The molecule has 2 heteroatoms. The summed E-state index contributed by atoms with van der Waals surface area (Å²) in [6, 6.07) is 10.8. The maximum Gasteiger partial charge on any atom is 0.187 e. The highest BCUT2D eigenvalue weighted by molar-refractivity contribution is 7.27. The van der Waals surface area contributed by atoms with E-state index in [-0.39, 0.29) is 0 Å². The Hall–Kier alpha value is -0.273. The third-order valence-electron chi connectivity index (χ3n) is 4.15. The number of halogens is 1. The Kier molecular flexibility index (Phi) is 3.76. The van der Waals surface area contributed by atoms with Crippen molar-refractivity contribution in [3.63, 3.8) is 0 Å². The molecule has 0 aromatic heterocycles. The average molecular weight is 253 g/mol. The summed E-state index contributed by atoms with van der Waals surface area (Å²) in [6.07, 6.45) is 5.47. The van der Waals surface area contributed by atoms with Crippen LogP contribution in [0.4, 0.5) is 0 Å². The summed E-state index contributed by atoms with van der Waals surface area (Å²) in [6.45, 7) is 4.72. The van der Waals surface area contributed by atoms with E-state index in [0.717, 1.165) is 11.5 Å². The molecule has 0 bridgehead atoms. The van der Waals surface area contributed by atoms with E-state index in [1.54, 1.807) is 0 Å². The van der Waals surface area contributed by atoms with Gasteiger partial charge in [-0.05, 0) is 16.6 Å². The number of benzene rings is 1. The first-order valence-electron chi connectivity index (χ1n) is 6.37. The fourth-order valence-corrected chi connectivity index (χ4v) is 7.70. The maximum absolute atomic E-state index is 6.97. The van der Waals surface area contributed by atoms with Crippen LogP contribution in [0.5, 0.6) is 0 Å². The third-order valence-corrected chi connectivity index (χ3v) is 9.35. The Morgan fingerprint density at radius 3 is 2.38 bits per heavy atom. The van der Waals surface area contributed by atoms with Crippen LogP contribution < -0.4 is 5.19 Å². The molecule has 1 saturated carbocycles. The largest absolute Gasteiger partial charge is 0.187 e. The normalized spacial score (nSPS) is 29.7. The van der Waals surface area contributed by atoms with Crippen molar-refractivity contribution in [3.8, 4) is 0 Å². The molecular weight excluding hydrogens is 232 g/mol. The van der Waals surface area contributed by atoms with Crippen LogP contribution in [-0.4, -0.2) is 7.38 Å². The second-order valence-corrected chi connectivity index (χ2v) is 11.1. The molecule has 2 rings (SSSR count). The molecule has 1 aromatic rings. The lowest BCUT2D eigenvalue weighted by Crippen LogP contribution is -2.46. The predicted octanol–water partition coefficient (Wildman–Crippen LogP) is 4.29. The Bertz CT molecular complexity index is 334. The van der Waals surface area contributed by atoms with E-state index in [0.29, 0.717) is 0 Å². The molecule has 0 N–H and O–H groups in total. The summed E-state index contributed by atoms with van der Waals surface area (Å²) in [5.41, 5.74) is 0.755. The van der Waals surface area contributed by atoms with Crippen LogP contribution in [0.1, 0.15) is 32.6 Å². The second kappa shape index (κ2) is 4.93. The van der Waals surface area contributed by atoms with Crippen molar-refractivity contribution in [2.24, 2.45) is 5.92 Å². The second-order valence-electron chi connectivity index (χ2n) is 5.31. The van der Waals surface area contributed by atoms with Crippen LogP contribution >= 0.6 is 11.1 Å². The van der Waals surface area contributed by atoms with E-state index in [9.17, 15) is 0 Å². The summed E-state index contributed by atoms with van der Waals surface area (Å²) in [7, 11) is -1.77. The topological polar surface area (TPSA) is 0 Å². The molecule has 1 fully saturated rings. The lowest BCUT2D eigenvalue weighted by molar-refractivity contribution is 0.379. The molecule has 1 aromatic carbocycles. The van der Waals surface area contributed by atoms with Crippen molar-refractivity contribution >= 4 is 23.6 Å². The van der Waals surface area contributed by atoms with Gasteiger partial charge < -0.3 is 0 Å². The molecule has 88 valence electrons. The molecule has 0 heterocycles. The summed E-state index contributed by atoms with van der Waals surface area (Å²) < 4.78 is 0. The predicted molar refractivity (Wildman–Crippen MR) is 74.9 cm³/mol. The molecule has 1 aliphatic carbocycles. The van der Waals surface area contributed by atoms with E-state index < -0.39 is 7.38 Å². The van der Waals surface area contributed by atoms with Crippen LogP contribution in [0, 0.1) is 5.92 Å². The first-order chi connectivity index (χ1) is 7.62. The van der Waals surface area contributed by atoms with Gasteiger partial charge in [0.25, 0.3) is 0 Å². The SMILES string of the molecule is CC1CCCCC1[Si](C)(Cl)c1ccccc1. The van der Waals surface area contributed by atoms with Crippen LogP contribution in [0.3, 0.4) is 0 Å². The van der Waals surface area contributed by atoms with Crippen LogP contribution in [0.2, 0.25) is 12.1 Å². The molecule has 0 amide bonds. The van der Waals surface area contributed by atoms with Gasteiger partial charge in [-0.25, -0.2) is 0 Å². The van der Waals surface area contributed by atoms with Crippen molar-refractivity contribution in [3.05, 3.63) is 30.3 Å². The van der Waals surface area contributed by atoms with Crippen LogP contribution in [0.25, 0.3) is 0 Å². The zero-order valence-electron chi connectivity index (χ0n) is 10.2. The molecule has 1 aliphatic rings. The van der Waals surface area contributed by atoms with Gasteiger partial charge in [0.15, 0.2) is 7.38 Å². The van der Waals surface area contributed by atoms with Crippen molar-refractivity contribution in [1.29, 1.82) is 0 Å². The Morgan fingerprint density at radius 2 is 1.75 bits per heavy atom.